The summed E-state index contributed by atoms with van der Waals surface area (Å²) in [6.07, 6.45) is 1.26. The Labute approximate surface area is 166 Å². The van der Waals surface area contributed by atoms with Crippen molar-refractivity contribution >= 4 is 17.7 Å². The van der Waals surface area contributed by atoms with Gasteiger partial charge in [-0.15, -0.1) is 0 Å². The van der Waals surface area contributed by atoms with E-state index in [0.29, 0.717) is 0 Å². The lowest BCUT2D eigenvalue weighted by molar-refractivity contribution is -0.192. The lowest BCUT2D eigenvalue weighted by Crippen LogP contribution is -2.33. The summed E-state index contributed by atoms with van der Waals surface area (Å²) in [5, 5.41) is 7.12. The van der Waals surface area contributed by atoms with Crippen molar-refractivity contribution in [2.24, 2.45) is 5.92 Å². The number of hydrogen-bond acceptors (Lipinski definition) is 6. The molecule has 10 heteroatoms. The first-order chi connectivity index (χ1) is 13.7. The van der Waals surface area contributed by atoms with Crippen molar-refractivity contribution in [3.05, 3.63) is 41.9 Å². The molecule has 2 aliphatic rings. The van der Waals surface area contributed by atoms with Crippen LogP contribution in [0.2, 0.25) is 0 Å². The molecule has 4 rings (SSSR count). The summed E-state index contributed by atoms with van der Waals surface area (Å²) in [7, 11) is 0. The van der Waals surface area contributed by atoms with Gasteiger partial charge in [-0.25, -0.2) is 19.7 Å². The van der Waals surface area contributed by atoms with Crippen molar-refractivity contribution in [3.63, 3.8) is 0 Å². The minimum Gasteiger partial charge on any atom is -0.475 e. The van der Waals surface area contributed by atoms with Crippen LogP contribution in [0.3, 0.4) is 0 Å². The van der Waals surface area contributed by atoms with Crippen molar-refractivity contribution in [1.29, 1.82) is 0 Å². The molecule has 2 aromatic rings. The maximum Gasteiger partial charge on any atom is 0.490 e. The van der Waals surface area contributed by atoms with Crippen molar-refractivity contribution in [2.45, 2.75) is 32.5 Å². The smallest absolute Gasteiger partial charge is 0.475 e. The Bertz CT molecular complexity index is 843. The fourth-order valence-electron chi connectivity index (χ4n) is 3.02. The van der Waals surface area contributed by atoms with E-state index >= 15 is 0 Å². The first-order valence-electron chi connectivity index (χ1n) is 9.27. The molecule has 0 bridgehead atoms. The number of anilines is 2. The molecular weight excluding hydrogens is 387 g/mol. The van der Waals surface area contributed by atoms with Gasteiger partial charge in [0.1, 0.15) is 5.82 Å². The first-order valence-corrected chi connectivity index (χ1v) is 9.27. The van der Waals surface area contributed by atoms with Crippen LogP contribution in [0.5, 0.6) is 0 Å². The monoisotopic (exact) mass is 409 g/mol. The van der Waals surface area contributed by atoms with Crippen molar-refractivity contribution in [1.82, 2.24) is 15.0 Å². The van der Waals surface area contributed by atoms with Crippen LogP contribution in [0.15, 0.2) is 30.6 Å². The fourth-order valence-corrected chi connectivity index (χ4v) is 3.02. The standard InChI is InChI=1S/C17H21N5.C2HF3O2/c1-13-3-6-15-12-22(17-18-7-2-8-19-17)10-9-21(16(15)20-13)11-14-4-5-14;3-2(4,5)1(6)7/h2-3,6-8,14H,4-5,9-12H2,1H3;(H,6,7). The van der Waals surface area contributed by atoms with Crippen LogP contribution in [-0.2, 0) is 11.3 Å². The normalized spacial score (nSPS) is 16.4. The Kier molecular flexibility index (Phi) is 6.19. The van der Waals surface area contributed by atoms with Gasteiger partial charge in [0.2, 0.25) is 5.95 Å². The molecule has 0 unspecified atom stereocenters. The lowest BCUT2D eigenvalue weighted by atomic mass is 10.2. The molecule has 1 aliphatic carbocycles. The Morgan fingerprint density at radius 1 is 1.21 bits per heavy atom. The molecule has 1 fully saturated rings. The van der Waals surface area contributed by atoms with E-state index in [1.807, 2.05) is 18.5 Å². The minimum absolute atomic E-state index is 0.808. The van der Waals surface area contributed by atoms with E-state index < -0.39 is 12.1 Å². The van der Waals surface area contributed by atoms with E-state index in [0.717, 1.165) is 49.6 Å². The van der Waals surface area contributed by atoms with Gasteiger partial charge in [-0.05, 0) is 37.8 Å². The molecule has 1 saturated carbocycles. The highest BCUT2D eigenvalue weighted by molar-refractivity contribution is 5.73. The molecule has 0 amide bonds. The number of aromatic nitrogens is 3. The Morgan fingerprint density at radius 3 is 2.45 bits per heavy atom. The van der Waals surface area contributed by atoms with Crippen LogP contribution < -0.4 is 9.80 Å². The third-order valence-electron chi connectivity index (χ3n) is 4.65. The van der Waals surface area contributed by atoms with Gasteiger partial charge in [0.15, 0.2) is 0 Å². The van der Waals surface area contributed by atoms with Crippen LogP contribution in [0.4, 0.5) is 24.9 Å². The number of carboxylic acid groups (broad SMARTS) is 1. The number of aliphatic carboxylic acids is 1. The van der Waals surface area contributed by atoms with Crippen LogP contribution in [0.25, 0.3) is 0 Å². The predicted molar refractivity (Wildman–Crippen MR) is 101 cm³/mol. The van der Waals surface area contributed by atoms with Gasteiger partial charge in [-0.1, -0.05) is 6.07 Å². The summed E-state index contributed by atoms with van der Waals surface area (Å²) >= 11 is 0. The minimum atomic E-state index is -5.08. The summed E-state index contributed by atoms with van der Waals surface area (Å²) in [6.45, 7) is 5.95. The SMILES string of the molecule is Cc1ccc2c(n1)N(CC1CC1)CCN(c1ncccn1)C2.O=C(O)C(F)(F)F. The van der Waals surface area contributed by atoms with E-state index in [-0.39, 0.29) is 0 Å². The molecule has 156 valence electrons. The van der Waals surface area contributed by atoms with Gasteiger partial charge >= 0.3 is 12.1 Å². The number of carbonyl (C=O) groups is 1. The van der Waals surface area contributed by atoms with Crippen LogP contribution in [0, 0.1) is 12.8 Å². The average molecular weight is 409 g/mol. The van der Waals surface area contributed by atoms with Gasteiger partial charge in [0, 0.05) is 49.8 Å². The summed E-state index contributed by atoms with van der Waals surface area (Å²) < 4.78 is 31.7. The van der Waals surface area contributed by atoms with Crippen molar-refractivity contribution < 1.29 is 23.1 Å². The number of carboxylic acids is 1. The van der Waals surface area contributed by atoms with Crippen molar-refractivity contribution in [3.8, 4) is 0 Å². The zero-order chi connectivity index (χ0) is 21.0. The van der Waals surface area contributed by atoms with E-state index in [9.17, 15) is 13.2 Å². The van der Waals surface area contributed by atoms with Crippen molar-refractivity contribution in [2.75, 3.05) is 29.4 Å². The summed E-state index contributed by atoms with van der Waals surface area (Å²) in [4.78, 5) is 27.2. The maximum absolute atomic E-state index is 10.6. The van der Waals surface area contributed by atoms with Crippen LogP contribution >= 0.6 is 0 Å². The predicted octanol–water partition coefficient (Wildman–Crippen LogP) is 3.05. The van der Waals surface area contributed by atoms with Gasteiger partial charge in [-0.2, -0.15) is 13.2 Å². The molecule has 0 aromatic carbocycles. The molecular formula is C19H22F3N5O2. The Hall–Kier alpha value is -2.91. The fraction of sp³-hybridized carbons (Fsp3) is 0.474. The Balaban J connectivity index is 0.000000298. The number of hydrogen-bond donors (Lipinski definition) is 1. The zero-order valence-corrected chi connectivity index (χ0v) is 15.9. The molecule has 7 nitrogen and oxygen atoms in total. The van der Waals surface area contributed by atoms with E-state index in [4.69, 9.17) is 14.9 Å². The molecule has 3 heterocycles. The molecule has 0 atom stereocenters. The molecule has 0 spiro atoms. The third-order valence-corrected chi connectivity index (χ3v) is 4.65. The number of fused-ring (bicyclic) bond motifs is 1. The van der Waals surface area contributed by atoms with Crippen LogP contribution in [-0.4, -0.2) is 51.8 Å². The molecule has 0 radical (unpaired) electrons. The van der Waals surface area contributed by atoms with E-state index in [1.165, 1.54) is 18.4 Å². The second-order valence-corrected chi connectivity index (χ2v) is 7.10. The third kappa shape index (κ3) is 5.78. The summed E-state index contributed by atoms with van der Waals surface area (Å²) in [6, 6.07) is 6.17. The average Bonchev–Trinajstić information content (AvgIpc) is 3.50. The second kappa shape index (κ2) is 8.62. The molecule has 29 heavy (non-hydrogen) atoms. The van der Waals surface area contributed by atoms with Crippen LogP contribution in [0.1, 0.15) is 24.1 Å². The van der Waals surface area contributed by atoms with Gasteiger partial charge in [0.25, 0.3) is 0 Å². The highest BCUT2D eigenvalue weighted by Gasteiger charge is 2.38. The highest BCUT2D eigenvalue weighted by Crippen LogP contribution is 2.33. The highest BCUT2D eigenvalue weighted by atomic mass is 19.4. The van der Waals surface area contributed by atoms with Gasteiger partial charge in [0.05, 0.1) is 0 Å². The lowest BCUT2D eigenvalue weighted by Gasteiger charge is -2.24. The number of pyridine rings is 1. The molecule has 1 N–H and O–H groups in total. The number of nitrogens with zero attached hydrogens (tertiary/aromatic N) is 5. The summed E-state index contributed by atoms with van der Waals surface area (Å²) in [5.41, 5.74) is 2.36. The number of aryl methyl sites for hydroxylation is 1. The number of rotatable bonds is 3. The van der Waals surface area contributed by atoms with E-state index in [2.05, 4.69) is 38.8 Å². The first kappa shape index (κ1) is 20.8. The largest absolute Gasteiger partial charge is 0.490 e. The molecule has 2 aromatic heterocycles. The quantitative estimate of drug-likeness (QED) is 0.834. The van der Waals surface area contributed by atoms with Gasteiger partial charge in [-0.3, -0.25) is 0 Å². The second-order valence-electron chi connectivity index (χ2n) is 7.10. The Morgan fingerprint density at radius 2 is 1.86 bits per heavy atom. The number of alkyl halides is 3. The topological polar surface area (TPSA) is 82.5 Å². The van der Waals surface area contributed by atoms with Gasteiger partial charge < -0.3 is 14.9 Å². The zero-order valence-electron chi connectivity index (χ0n) is 15.9. The van der Waals surface area contributed by atoms with E-state index in [1.54, 1.807) is 0 Å². The number of halogens is 3. The molecule has 0 saturated heterocycles. The maximum atomic E-state index is 10.6. The molecule has 1 aliphatic heterocycles. The summed E-state index contributed by atoms with van der Waals surface area (Å²) in [5.74, 6) is 0.0646.